The molecule has 1 heterocycles. The van der Waals surface area contributed by atoms with Crippen LogP contribution in [-0.4, -0.2) is 33.4 Å². The molecule has 1 amide bonds. The van der Waals surface area contributed by atoms with E-state index in [9.17, 15) is 29.8 Å². The zero-order valence-corrected chi connectivity index (χ0v) is 17.5. The number of hydrogen-bond donors (Lipinski definition) is 0. The quantitative estimate of drug-likeness (QED) is 0.300. The van der Waals surface area contributed by atoms with Gasteiger partial charge in [0.1, 0.15) is 6.54 Å². The van der Waals surface area contributed by atoms with Crippen molar-refractivity contribution in [2.24, 2.45) is 4.99 Å². The summed E-state index contributed by atoms with van der Waals surface area (Å²) < 4.78 is 7.63. The normalized spacial score (nSPS) is 11.5. The number of thiazole rings is 1. The first-order chi connectivity index (χ1) is 14.2. The summed E-state index contributed by atoms with van der Waals surface area (Å²) in [5.41, 5.74) is -0.916. The van der Waals surface area contributed by atoms with Crippen LogP contribution in [0.4, 0.5) is 11.4 Å². The number of non-ortho nitro benzene ring substituents is 2. The fourth-order valence-electron chi connectivity index (χ4n) is 2.56. The maximum Gasteiger partial charge on any atom is 0.325 e. The van der Waals surface area contributed by atoms with E-state index in [1.54, 1.807) is 18.2 Å². The van der Waals surface area contributed by atoms with Gasteiger partial charge in [0.2, 0.25) is 0 Å². The molecule has 0 saturated carbocycles. The summed E-state index contributed by atoms with van der Waals surface area (Å²) in [6.45, 7) is -0.223. The van der Waals surface area contributed by atoms with Crippen molar-refractivity contribution >= 4 is 60.7 Å². The largest absolute Gasteiger partial charge is 0.468 e. The molecule has 0 aliphatic rings. The minimum atomic E-state index is -0.925. The van der Waals surface area contributed by atoms with Gasteiger partial charge < -0.3 is 9.30 Å². The molecule has 0 bridgehead atoms. The number of amides is 1. The molecule has 13 heteroatoms. The minimum Gasteiger partial charge on any atom is -0.468 e. The van der Waals surface area contributed by atoms with Crippen LogP contribution < -0.4 is 4.80 Å². The summed E-state index contributed by atoms with van der Waals surface area (Å²) in [6.07, 6.45) is 0. The second-order valence-corrected chi connectivity index (χ2v) is 7.75. The summed E-state index contributed by atoms with van der Waals surface area (Å²) in [7, 11) is 1.22. The molecule has 0 atom stereocenters. The number of rotatable bonds is 5. The van der Waals surface area contributed by atoms with Gasteiger partial charge in [-0.1, -0.05) is 27.3 Å². The first-order valence-corrected chi connectivity index (χ1v) is 9.69. The highest BCUT2D eigenvalue weighted by molar-refractivity contribution is 9.10. The lowest BCUT2D eigenvalue weighted by atomic mass is 10.1. The Morgan fingerprint density at radius 1 is 1.13 bits per heavy atom. The number of esters is 1. The maximum absolute atomic E-state index is 12.7. The van der Waals surface area contributed by atoms with E-state index in [2.05, 4.69) is 25.7 Å². The van der Waals surface area contributed by atoms with Gasteiger partial charge in [-0.3, -0.25) is 29.8 Å². The summed E-state index contributed by atoms with van der Waals surface area (Å²) in [4.78, 5) is 49.0. The molecule has 11 nitrogen and oxygen atoms in total. The van der Waals surface area contributed by atoms with E-state index in [-0.39, 0.29) is 16.9 Å². The van der Waals surface area contributed by atoms with Crippen LogP contribution in [0.25, 0.3) is 10.2 Å². The molecular formula is C17H11BrN4O7S. The van der Waals surface area contributed by atoms with E-state index in [1.807, 2.05) is 0 Å². The molecule has 0 radical (unpaired) electrons. The van der Waals surface area contributed by atoms with Crippen molar-refractivity contribution in [2.75, 3.05) is 7.11 Å². The Labute approximate surface area is 179 Å². The van der Waals surface area contributed by atoms with Gasteiger partial charge in [-0.15, -0.1) is 0 Å². The first kappa shape index (κ1) is 21.3. The number of nitro benzene ring substituents is 2. The van der Waals surface area contributed by atoms with Gasteiger partial charge in [-0.25, -0.2) is 0 Å². The van der Waals surface area contributed by atoms with E-state index < -0.39 is 33.1 Å². The summed E-state index contributed by atoms with van der Waals surface area (Å²) in [5, 5.41) is 22.1. The van der Waals surface area contributed by atoms with Gasteiger partial charge in [0.15, 0.2) is 4.80 Å². The predicted molar refractivity (Wildman–Crippen MR) is 109 cm³/mol. The third-order valence-electron chi connectivity index (χ3n) is 3.93. The number of aromatic nitrogens is 1. The second-order valence-electron chi connectivity index (χ2n) is 5.83. The predicted octanol–water partition coefficient (Wildman–Crippen LogP) is 3.20. The van der Waals surface area contributed by atoms with Crippen LogP contribution >= 0.6 is 27.3 Å². The lowest BCUT2D eigenvalue weighted by molar-refractivity contribution is -0.394. The fourth-order valence-corrected chi connectivity index (χ4v) is 4.14. The molecule has 3 rings (SSSR count). The van der Waals surface area contributed by atoms with Crippen LogP contribution in [0, 0.1) is 20.2 Å². The SMILES string of the molecule is COC(=O)Cn1c(=NC(=O)c2cc([N+](=O)[O-])cc([N+](=O)[O-])c2)sc2cc(Br)ccc21. The first-order valence-electron chi connectivity index (χ1n) is 8.08. The maximum atomic E-state index is 12.7. The van der Waals surface area contributed by atoms with E-state index in [1.165, 1.54) is 11.7 Å². The molecule has 0 fully saturated rings. The number of benzene rings is 2. The number of fused-ring (bicyclic) bond motifs is 1. The molecule has 1 aromatic heterocycles. The molecule has 0 unspecified atom stereocenters. The molecule has 0 aliphatic heterocycles. The molecule has 0 spiro atoms. The third-order valence-corrected chi connectivity index (χ3v) is 5.46. The number of nitrogens with zero attached hydrogens (tertiary/aromatic N) is 4. The van der Waals surface area contributed by atoms with Crippen molar-refractivity contribution in [3.63, 3.8) is 0 Å². The molecule has 0 N–H and O–H groups in total. The number of carbonyl (C=O) groups is 2. The van der Waals surface area contributed by atoms with Crippen LogP contribution in [0.3, 0.4) is 0 Å². The summed E-state index contributed by atoms with van der Waals surface area (Å²) >= 11 is 4.45. The van der Waals surface area contributed by atoms with E-state index in [4.69, 9.17) is 0 Å². The third kappa shape index (κ3) is 4.41. The van der Waals surface area contributed by atoms with Gasteiger partial charge in [0.25, 0.3) is 17.3 Å². The Kier molecular flexibility index (Phi) is 6.03. The number of carbonyl (C=O) groups excluding carboxylic acids is 2. The Bertz CT molecular complexity index is 1250. The van der Waals surface area contributed by atoms with Crippen molar-refractivity contribution < 1.29 is 24.2 Å². The monoisotopic (exact) mass is 494 g/mol. The zero-order valence-electron chi connectivity index (χ0n) is 15.1. The summed E-state index contributed by atoms with van der Waals surface area (Å²) in [5.74, 6) is -1.50. The zero-order chi connectivity index (χ0) is 22.0. The number of nitro groups is 2. The van der Waals surface area contributed by atoms with Crippen LogP contribution in [-0.2, 0) is 16.1 Å². The number of methoxy groups -OCH3 is 1. The Morgan fingerprint density at radius 3 is 2.33 bits per heavy atom. The van der Waals surface area contributed by atoms with Gasteiger partial charge >= 0.3 is 5.97 Å². The average molecular weight is 495 g/mol. The Morgan fingerprint density at radius 2 is 1.77 bits per heavy atom. The topological polar surface area (TPSA) is 147 Å². The Balaban J connectivity index is 2.18. The van der Waals surface area contributed by atoms with E-state index >= 15 is 0 Å². The van der Waals surface area contributed by atoms with Crippen LogP contribution in [0.15, 0.2) is 45.9 Å². The fraction of sp³-hybridized carbons (Fsp3) is 0.118. The Hall–Kier alpha value is -3.45. The van der Waals surface area contributed by atoms with Gasteiger partial charge in [0.05, 0.1) is 38.8 Å². The van der Waals surface area contributed by atoms with Crippen molar-refractivity contribution in [2.45, 2.75) is 6.54 Å². The molecule has 154 valence electrons. The number of hydrogen-bond acceptors (Lipinski definition) is 8. The molecule has 30 heavy (non-hydrogen) atoms. The molecule has 0 saturated heterocycles. The molecule has 0 aliphatic carbocycles. The minimum absolute atomic E-state index is 0.132. The smallest absolute Gasteiger partial charge is 0.325 e. The van der Waals surface area contributed by atoms with Gasteiger partial charge in [-0.05, 0) is 18.2 Å². The lowest BCUT2D eigenvalue weighted by Gasteiger charge is -2.03. The van der Waals surface area contributed by atoms with Crippen LogP contribution in [0.5, 0.6) is 0 Å². The van der Waals surface area contributed by atoms with Gasteiger partial charge in [-0.2, -0.15) is 4.99 Å². The van der Waals surface area contributed by atoms with Crippen molar-refractivity contribution in [3.05, 3.63) is 71.5 Å². The van der Waals surface area contributed by atoms with E-state index in [0.29, 0.717) is 10.2 Å². The van der Waals surface area contributed by atoms with Crippen molar-refractivity contribution in [1.29, 1.82) is 0 Å². The van der Waals surface area contributed by atoms with Gasteiger partial charge in [0, 0.05) is 16.6 Å². The van der Waals surface area contributed by atoms with E-state index in [0.717, 1.165) is 34.0 Å². The highest BCUT2D eigenvalue weighted by atomic mass is 79.9. The molecule has 3 aromatic rings. The van der Waals surface area contributed by atoms with Crippen molar-refractivity contribution in [1.82, 2.24) is 4.57 Å². The molecule has 2 aromatic carbocycles. The number of ether oxygens (including phenoxy) is 1. The molecular weight excluding hydrogens is 484 g/mol. The number of halogens is 1. The highest BCUT2D eigenvalue weighted by Gasteiger charge is 2.20. The van der Waals surface area contributed by atoms with Crippen LogP contribution in [0.1, 0.15) is 10.4 Å². The van der Waals surface area contributed by atoms with Crippen LogP contribution in [0.2, 0.25) is 0 Å². The highest BCUT2D eigenvalue weighted by Crippen LogP contribution is 2.24. The summed E-state index contributed by atoms with van der Waals surface area (Å²) in [6, 6.07) is 7.82. The lowest BCUT2D eigenvalue weighted by Crippen LogP contribution is -2.22. The standard InChI is InChI=1S/C17H11BrN4O7S/c1-29-15(23)8-20-13-3-2-10(18)6-14(13)30-17(20)19-16(24)9-4-11(21(25)26)7-12(5-9)22(27)28/h2-7H,8H2,1H3. The second kappa shape index (κ2) is 8.51. The van der Waals surface area contributed by atoms with Crippen molar-refractivity contribution in [3.8, 4) is 0 Å². The average Bonchev–Trinajstić information content (AvgIpc) is 3.03.